The molecular weight excluding hydrogens is 274 g/mol. The molecule has 0 unspecified atom stereocenters. The summed E-state index contributed by atoms with van der Waals surface area (Å²) in [7, 11) is 0. The number of aliphatic hydroxyl groups is 1. The largest absolute Gasteiger partial charge is 0.384 e. The zero-order chi connectivity index (χ0) is 14.4. The van der Waals surface area contributed by atoms with Crippen LogP contribution < -0.4 is 5.32 Å². The van der Waals surface area contributed by atoms with Gasteiger partial charge in [-0.15, -0.1) is 11.3 Å². The molecule has 2 aromatic rings. The van der Waals surface area contributed by atoms with Crippen LogP contribution in [0.15, 0.2) is 23.8 Å². The highest BCUT2D eigenvalue weighted by atomic mass is 32.1. The lowest BCUT2D eigenvalue weighted by Gasteiger charge is -2.03. The van der Waals surface area contributed by atoms with Crippen molar-refractivity contribution in [3.8, 4) is 11.8 Å². The highest BCUT2D eigenvalue weighted by Gasteiger charge is 2.07. The Morgan fingerprint density at radius 2 is 2.35 bits per heavy atom. The van der Waals surface area contributed by atoms with Crippen molar-refractivity contribution in [1.29, 1.82) is 0 Å². The van der Waals surface area contributed by atoms with Gasteiger partial charge in [0.15, 0.2) is 0 Å². The van der Waals surface area contributed by atoms with E-state index in [4.69, 9.17) is 5.11 Å². The van der Waals surface area contributed by atoms with E-state index >= 15 is 0 Å². The highest BCUT2D eigenvalue weighted by Crippen LogP contribution is 2.08. The van der Waals surface area contributed by atoms with E-state index in [0.717, 1.165) is 10.7 Å². The molecule has 6 heteroatoms. The summed E-state index contributed by atoms with van der Waals surface area (Å²) < 4.78 is 0. The van der Waals surface area contributed by atoms with Crippen molar-refractivity contribution in [2.75, 3.05) is 6.61 Å². The zero-order valence-corrected chi connectivity index (χ0v) is 11.7. The van der Waals surface area contributed by atoms with Crippen LogP contribution in [0.5, 0.6) is 0 Å². The van der Waals surface area contributed by atoms with Gasteiger partial charge in [-0.3, -0.25) is 9.78 Å². The van der Waals surface area contributed by atoms with Crippen molar-refractivity contribution in [2.24, 2.45) is 0 Å². The predicted molar refractivity (Wildman–Crippen MR) is 76.2 cm³/mol. The normalized spacial score (nSPS) is 9.70. The number of aryl methyl sites for hydroxylation is 1. The molecule has 0 saturated heterocycles. The van der Waals surface area contributed by atoms with Crippen LogP contribution in [-0.2, 0) is 6.54 Å². The smallest absolute Gasteiger partial charge is 0.253 e. The molecule has 0 bridgehead atoms. The molecule has 20 heavy (non-hydrogen) atoms. The molecule has 102 valence electrons. The van der Waals surface area contributed by atoms with Gasteiger partial charge >= 0.3 is 0 Å². The van der Waals surface area contributed by atoms with Crippen LogP contribution in [0, 0.1) is 18.8 Å². The van der Waals surface area contributed by atoms with E-state index in [1.807, 2.05) is 12.3 Å². The lowest BCUT2D eigenvalue weighted by Crippen LogP contribution is -2.23. The fourth-order valence-corrected chi connectivity index (χ4v) is 2.15. The Hall–Kier alpha value is -2.23. The first-order chi connectivity index (χ1) is 9.69. The third-order valence-corrected chi connectivity index (χ3v) is 3.23. The molecule has 2 heterocycles. The maximum atomic E-state index is 12.0. The lowest BCUT2D eigenvalue weighted by atomic mass is 10.2. The molecule has 0 aliphatic heterocycles. The average molecular weight is 287 g/mol. The second kappa shape index (κ2) is 6.80. The number of nitrogens with one attached hydrogen (secondary N) is 1. The number of carbonyl (C=O) groups is 1. The molecule has 0 spiro atoms. The average Bonchev–Trinajstić information content (AvgIpc) is 2.88. The van der Waals surface area contributed by atoms with E-state index in [0.29, 0.717) is 17.7 Å². The molecule has 1 amide bonds. The van der Waals surface area contributed by atoms with Crippen LogP contribution in [0.2, 0.25) is 0 Å². The molecule has 2 N–H and O–H groups in total. The third-order valence-electron chi connectivity index (χ3n) is 2.41. The predicted octanol–water partition coefficient (Wildman–Crippen LogP) is 1.12. The number of hydrogen-bond acceptors (Lipinski definition) is 5. The maximum Gasteiger partial charge on any atom is 0.253 e. The Balaban J connectivity index is 2.01. The van der Waals surface area contributed by atoms with Gasteiger partial charge in [0, 0.05) is 23.3 Å². The molecule has 0 radical (unpaired) electrons. The quantitative estimate of drug-likeness (QED) is 0.830. The fourth-order valence-electron chi connectivity index (χ4n) is 1.54. The summed E-state index contributed by atoms with van der Waals surface area (Å²) in [5.74, 6) is 5.00. The van der Waals surface area contributed by atoms with Gasteiger partial charge in [0.25, 0.3) is 5.91 Å². The Bertz CT molecular complexity index is 670. The molecule has 2 aromatic heterocycles. The van der Waals surface area contributed by atoms with E-state index in [1.165, 1.54) is 6.20 Å². The number of pyridine rings is 1. The van der Waals surface area contributed by atoms with Crippen molar-refractivity contribution >= 4 is 17.2 Å². The van der Waals surface area contributed by atoms with Gasteiger partial charge in [-0.05, 0) is 13.0 Å². The van der Waals surface area contributed by atoms with Crippen LogP contribution in [0.3, 0.4) is 0 Å². The van der Waals surface area contributed by atoms with Crippen LogP contribution in [-0.4, -0.2) is 27.6 Å². The van der Waals surface area contributed by atoms with Crippen LogP contribution in [0.1, 0.15) is 26.6 Å². The summed E-state index contributed by atoms with van der Waals surface area (Å²) in [6, 6.07) is 1.64. The molecule has 2 rings (SSSR count). The monoisotopic (exact) mass is 287 g/mol. The van der Waals surface area contributed by atoms with Gasteiger partial charge in [0.2, 0.25) is 0 Å². The number of thiazole rings is 1. The molecule has 0 aliphatic carbocycles. The van der Waals surface area contributed by atoms with Crippen molar-refractivity contribution in [1.82, 2.24) is 15.3 Å². The van der Waals surface area contributed by atoms with Gasteiger partial charge in [-0.1, -0.05) is 11.8 Å². The van der Waals surface area contributed by atoms with E-state index in [2.05, 4.69) is 27.1 Å². The van der Waals surface area contributed by atoms with E-state index in [-0.39, 0.29) is 12.5 Å². The van der Waals surface area contributed by atoms with Gasteiger partial charge < -0.3 is 10.4 Å². The lowest BCUT2D eigenvalue weighted by molar-refractivity contribution is 0.0950. The number of carbonyl (C=O) groups excluding carboxylic acids is 1. The minimum atomic E-state index is -0.226. The highest BCUT2D eigenvalue weighted by molar-refractivity contribution is 7.09. The summed E-state index contributed by atoms with van der Waals surface area (Å²) in [5.41, 5.74) is 1.86. The summed E-state index contributed by atoms with van der Waals surface area (Å²) in [6.07, 6.45) is 3.02. The maximum absolute atomic E-state index is 12.0. The summed E-state index contributed by atoms with van der Waals surface area (Å²) in [4.78, 5) is 20.2. The van der Waals surface area contributed by atoms with Crippen molar-refractivity contribution < 1.29 is 9.90 Å². The molecule has 0 fully saturated rings. The Kier molecular flexibility index (Phi) is 4.82. The van der Waals surface area contributed by atoms with E-state index in [9.17, 15) is 4.79 Å². The topological polar surface area (TPSA) is 75.1 Å². The number of aromatic nitrogens is 2. The van der Waals surface area contributed by atoms with Gasteiger partial charge in [0.1, 0.15) is 6.61 Å². The van der Waals surface area contributed by atoms with E-state index < -0.39 is 0 Å². The number of hydrogen-bond donors (Lipinski definition) is 2. The van der Waals surface area contributed by atoms with Gasteiger partial charge in [-0.2, -0.15) is 0 Å². The van der Waals surface area contributed by atoms with Crippen molar-refractivity contribution in [2.45, 2.75) is 13.5 Å². The second-order valence-electron chi connectivity index (χ2n) is 3.96. The first-order valence-corrected chi connectivity index (χ1v) is 6.81. The van der Waals surface area contributed by atoms with Gasteiger partial charge in [-0.25, -0.2) is 4.98 Å². The molecule has 0 aromatic carbocycles. The standard InChI is InChI=1S/C14H13N3O2S/c1-10-17-13(9-20-10)8-16-14(19)12-5-11(3-2-4-18)6-15-7-12/h5-7,9,18H,4,8H2,1H3,(H,16,19). The summed E-state index contributed by atoms with van der Waals surface area (Å²) in [5, 5.41) is 14.3. The minimum absolute atomic E-state index is 0.223. The zero-order valence-electron chi connectivity index (χ0n) is 10.9. The Morgan fingerprint density at radius 3 is 3.05 bits per heavy atom. The molecule has 0 saturated carbocycles. The van der Waals surface area contributed by atoms with Gasteiger partial charge in [0.05, 0.1) is 22.8 Å². The number of aliphatic hydroxyl groups excluding tert-OH is 1. The first kappa shape index (κ1) is 14.2. The molecule has 5 nitrogen and oxygen atoms in total. The number of amides is 1. The van der Waals surface area contributed by atoms with Crippen LogP contribution in [0.25, 0.3) is 0 Å². The third kappa shape index (κ3) is 3.88. The number of rotatable bonds is 3. The summed E-state index contributed by atoms with van der Waals surface area (Å²) in [6.45, 7) is 2.08. The molecule has 0 aliphatic rings. The Morgan fingerprint density at radius 1 is 1.50 bits per heavy atom. The SMILES string of the molecule is Cc1nc(CNC(=O)c2cncc(C#CCO)c2)cs1. The van der Waals surface area contributed by atoms with Crippen LogP contribution >= 0.6 is 11.3 Å². The Labute approximate surface area is 120 Å². The second-order valence-corrected chi connectivity index (χ2v) is 5.02. The van der Waals surface area contributed by atoms with Crippen molar-refractivity contribution in [3.05, 3.63) is 45.7 Å². The van der Waals surface area contributed by atoms with Crippen molar-refractivity contribution in [3.63, 3.8) is 0 Å². The van der Waals surface area contributed by atoms with Crippen LogP contribution in [0.4, 0.5) is 0 Å². The first-order valence-electron chi connectivity index (χ1n) is 5.93. The molecule has 0 atom stereocenters. The fraction of sp³-hybridized carbons (Fsp3) is 0.214. The molecular formula is C14H13N3O2S. The summed E-state index contributed by atoms with van der Waals surface area (Å²) >= 11 is 1.55. The number of nitrogens with zero attached hydrogens (tertiary/aromatic N) is 2. The van der Waals surface area contributed by atoms with E-state index in [1.54, 1.807) is 23.6 Å². The minimum Gasteiger partial charge on any atom is -0.384 e.